The van der Waals surface area contributed by atoms with E-state index in [4.69, 9.17) is 9.47 Å². The number of amides is 1. The third kappa shape index (κ3) is 5.26. The lowest BCUT2D eigenvalue weighted by Gasteiger charge is -2.08. The molecule has 0 atom stereocenters. The lowest BCUT2D eigenvalue weighted by atomic mass is 10.2. The minimum absolute atomic E-state index is 0.00452. The molecule has 0 aliphatic carbocycles. The van der Waals surface area contributed by atoms with Crippen molar-refractivity contribution in [2.24, 2.45) is 0 Å². The van der Waals surface area contributed by atoms with Gasteiger partial charge < -0.3 is 14.8 Å². The molecule has 2 aromatic carbocycles. The maximum atomic E-state index is 11.7. The summed E-state index contributed by atoms with van der Waals surface area (Å²) >= 11 is 2.22. The molecule has 0 saturated heterocycles. The molecule has 2 rings (SSSR count). The average molecular weight is 397 g/mol. The SMILES string of the molecule is COc1cccc(CNC(=O)COc2ccc(I)cc2)c1. The summed E-state index contributed by atoms with van der Waals surface area (Å²) in [6.07, 6.45) is 0. The third-order valence-corrected chi connectivity index (χ3v) is 3.53. The Bertz CT molecular complexity index is 599. The van der Waals surface area contributed by atoms with E-state index in [0.717, 1.165) is 14.9 Å². The van der Waals surface area contributed by atoms with Crippen LogP contribution in [0.3, 0.4) is 0 Å². The predicted molar refractivity (Wildman–Crippen MR) is 89.5 cm³/mol. The van der Waals surface area contributed by atoms with E-state index in [9.17, 15) is 4.79 Å². The van der Waals surface area contributed by atoms with Crippen LogP contribution in [0.15, 0.2) is 48.5 Å². The summed E-state index contributed by atoms with van der Waals surface area (Å²) in [6.45, 7) is 0.455. The molecule has 0 fully saturated rings. The first-order valence-electron chi connectivity index (χ1n) is 6.45. The van der Waals surface area contributed by atoms with Crippen molar-refractivity contribution in [2.75, 3.05) is 13.7 Å². The molecule has 21 heavy (non-hydrogen) atoms. The largest absolute Gasteiger partial charge is 0.497 e. The van der Waals surface area contributed by atoms with E-state index in [2.05, 4.69) is 27.9 Å². The van der Waals surface area contributed by atoms with Crippen LogP contribution in [0.1, 0.15) is 5.56 Å². The highest BCUT2D eigenvalue weighted by atomic mass is 127. The third-order valence-electron chi connectivity index (χ3n) is 2.81. The summed E-state index contributed by atoms with van der Waals surface area (Å²) in [6, 6.07) is 15.1. The zero-order valence-corrected chi connectivity index (χ0v) is 13.8. The van der Waals surface area contributed by atoms with Crippen molar-refractivity contribution in [2.45, 2.75) is 6.54 Å². The van der Waals surface area contributed by atoms with Crippen molar-refractivity contribution < 1.29 is 14.3 Å². The summed E-state index contributed by atoms with van der Waals surface area (Å²) in [7, 11) is 1.62. The Kier molecular flexibility index (Phi) is 5.86. The second-order valence-electron chi connectivity index (χ2n) is 4.37. The van der Waals surface area contributed by atoms with Crippen LogP contribution in [0.5, 0.6) is 11.5 Å². The molecule has 0 unspecified atom stereocenters. The average Bonchev–Trinajstić information content (AvgIpc) is 2.52. The van der Waals surface area contributed by atoms with Crippen molar-refractivity contribution >= 4 is 28.5 Å². The molecule has 0 bridgehead atoms. The van der Waals surface area contributed by atoms with Crippen LogP contribution < -0.4 is 14.8 Å². The Morgan fingerprint density at radius 3 is 2.62 bits per heavy atom. The van der Waals surface area contributed by atoms with Crippen LogP contribution in [-0.2, 0) is 11.3 Å². The quantitative estimate of drug-likeness (QED) is 0.763. The van der Waals surface area contributed by atoms with E-state index in [-0.39, 0.29) is 12.5 Å². The van der Waals surface area contributed by atoms with Gasteiger partial charge in [-0.05, 0) is 64.6 Å². The number of ether oxygens (including phenoxy) is 2. The molecule has 5 heteroatoms. The minimum atomic E-state index is -0.156. The van der Waals surface area contributed by atoms with Crippen molar-refractivity contribution in [1.82, 2.24) is 5.32 Å². The minimum Gasteiger partial charge on any atom is -0.497 e. The molecule has 0 heterocycles. The van der Waals surface area contributed by atoms with Gasteiger partial charge in [-0.3, -0.25) is 4.79 Å². The number of benzene rings is 2. The molecule has 0 saturated carbocycles. The first-order valence-corrected chi connectivity index (χ1v) is 7.53. The fraction of sp³-hybridized carbons (Fsp3) is 0.188. The van der Waals surface area contributed by atoms with E-state index in [1.54, 1.807) is 7.11 Å². The number of carbonyl (C=O) groups excluding carboxylic acids is 1. The molecule has 2 aromatic rings. The number of nitrogens with one attached hydrogen (secondary N) is 1. The number of halogens is 1. The predicted octanol–water partition coefficient (Wildman–Crippen LogP) is 3.00. The first kappa shape index (κ1) is 15.6. The van der Waals surface area contributed by atoms with E-state index >= 15 is 0 Å². The number of methoxy groups -OCH3 is 1. The highest BCUT2D eigenvalue weighted by Crippen LogP contribution is 2.14. The molecule has 0 aromatic heterocycles. The van der Waals surface area contributed by atoms with Crippen molar-refractivity contribution in [1.29, 1.82) is 0 Å². The van der Waals surface area contributed by atoms with Crippen molar-refractivity contribution in [3.05, 3.63) is 57.7 Å². The summed E-state index contributed by atoms with van der Waals surface area (Å²) in [5, 5.41) is 2.81. The maximum absolute atomic E-state index is 11.7. The van der Waals surface area contributed by atoms with Gasteiger partial charge in [-0.15, -0.1) is 0 Å². The molecule has 0 radical (unpaired) electrons. The Labute approximate surface area is 137 Å². The molecule has 4 nitrogen and oxygen atoms in total. The van der Waals surface area contributed by atoms with Crippen LogP contribution >= 0.6 is 22.6 Å². The van der Waals surface area contributed by atoms with Gasteiger partial charge >= 0.3 is 0 Å². The number of hydrogen-bond donors (Lipinski definition) is 1. The molecule has 0 spiro atoms. The molecule has 1 amide bonds. The number of rotatable bonds is 6. The van der Waals surface area contributed by atoms with Gasteiger partial charge in [0.25, 0.3) is 5.91 Å². The summed E-state index contributed by atoms with van der Waals surface area (Å²) in [4.78, 5) is 11.7. The summed E-state index contributed by atoms with van der Waals surface area (Å²) < 4.78 is 11.7. The normalized spacial score (nSPS) is 10.0. The lowest BCUT2D eigenvalue weighted by Crippen LogP contribution is -2.28. The zero-order valence-electron chi connectivity index (χ0n) is 11.6. The summed E-state index contributed by atoms with van der Waals surface area (Å²) in [5.41, 5.74) is 0.983. The monoisotopic (exact) mass is 397 g/mol. The zero-order chi connectivity index (χ0) is 15.1. The van der Waals surface area contributed by atoms with Gasteiger partial charge in [-0.2, -0.15) is 0 Å². The molecule has 110 valence electrons. The second-order valence-corrected chi connectivity index (χ2v) is 5.62. The topological polar surface area (TPSA) is 47.6 Å². The highest BCUT2D eigenvalue weighted by molar-refractivity contribution is 14.1. The Morgan fingerprint density at radius 1 is 1.14 bits per heavy atom. The van der Waals surface area contributed by atoms with Gasteiger partial charge in [0.05, 0.1) is 7.11 Å². The first-order chi connectivity index (χ1) is 10.2. The fourth-order valence-corrected chi connectivity index (χ4v) is 2.07. The van der Waals surface area contributed by atoms with Gasteiger partial charge in [0.1, 0.15) is 11.5 Å². The van der Waals surface area contributed by atoms with Crippen LogP contribution in [-0.4, -0.2) is 19.6 Å². The molecular weight excluding hydrogens is 381 g/mol. The van der Waals surface area contributed by atoms with E-state index in [1.165, 1.54) is 0 Å². The van der Waals surface area contributed by atoms with Crippen LogP contribution in [0.4, 0.5) is 0 Å². The van der Waals surface area contributed by atoms with Gasteiger partial charge in [0.15, 0.2) is 6.61 Å². The Balaban J connectivity index is 1.78. The Morgan fingerprint density at radius 2 is 1.90 bits per heavy atom. The standard InChI is InChI=1S/C16H16INO3/c1-20-15-4-2-3-12(9-15)10-18-16(19)11-21-14-7-5-13(17)6-8-14/h2-9H,10-11H2,1H3,(H,18,19). The fourth-order valence-electron chi connectivity index (χ4n) is 1.71. The van der Waals surface area contributed by atoms with E-state index in [0.29, 0.717) is 12.3 Å². The van der Waals surface area contributed by atoms with Crippen LogP contribution in [0.25, 0.3) is 0 Å². The van der Waals surface area contributed by atoms with Gasteiger partial charge in [0.2, 0.25) is 0 Å². The van der Waals surface area contributed by atoms with E-state index < -0.39 is 0 Å². The van der Waals surface area contributed by atoms with Crippen LogP contribution in [0, 0.1) is 3.57 Å². The van der Waals surface area contributed by atoms with Gasteiger partial charge in [-0.1, -0.05) is 12.1 Å². The lowest BCUT2D eigenvalue weighted by molar-refractivity contribution is -0.123. The van der Waals surface area contributed by atoms with E-state index in [1.807, 2.05) is 48.5 Å². The molecule has 0 aliphatic rings. The number of carbonyl (C=O) groups is 1. The molecule has 0 aliphatic heterocycles. The van der Waals surface area contributed by atoms with Crippen molar-refractivity contribution in [3.8, 4) is 11.5 Å². The smallest absolute Gasteiger partial charge is 0.258 e. The number of hydrogen-bond acceptors (Lipinski definition) is 3. The van der Waals surface area contributed by atoms with Crippen molar-refractivity contribution in [3.63, 3.8) is 0 Å². The summed E-state index contributed by atoms with van der Waals surface area (Å²) in [5.74, 6) is 1.31. The van der Waals surface area contributed by atoms with Gasteiger partial charge in [0, 0.05) is 10.1 Å². The highest BCUT2D eigenvalue weighted by Gasteiger charge is 2.03. The second kappa shape index (κ2) is 7.87. The van der Waals surface area contributed by atoms with Gasteiger partial charge in [-0.25, -0.2) is 0 Å². The van der Waals surface area contributed by atoms with Crippen LogP contribution in [0.2, 0.25) is 0 Å². The molecular formula is C16H16INO3. The maximum Gasteiger partial charge on any atom is 0.258 e. The Hall–Kier alpha value is -1.76. The molecule has 1 N–H and O–H groups in total.